The molecule has 9 rings (SSSR count). The van der Waals surface area contributed by atoms with Crippen LogP contribution in [0.25, 0.3) is 52.2 Å². The van der Waals surface area contributed by atoms with Crippen LogP contribution in [0.5, 0.6) is 0 Å². The molecule has 0 amide bonds. The van der Waals surface area contributed by atoms with Gasteiger partial charge in [0.15, 0.2) is 8.07 Å². The number of hydrogen-bond acceptors (Lipinski definition) is 2. The van der Waals surface area contributed by atoms with Crippen molar-refractivity contribution in [1.82, 2.24) is 0 Å². The van der Waals surface area contributed by atoms with Gasteiger partial charge in [0, 0.05) is 19.5 Å². The molecular weight excluding hydrogens is 573 g/mol. The second-order valence-electron chi connectivity index (χ2n) is 11.3. The number of benzene rings is 6. The van der Waals surface area contributed by atoms with Crippen molar-refractivity contribution in [1.29, 1.82) is 0 Å². The summed E-state index contributed by atoms with van der Waals surface area (Å²) in [7, 11) is -2.54. The van der Waals surface area contributed by atoms with Gasteiger partial charge in [0.2, 0.25) is 0 Å². The molecule has 6 aromatic carbocycles. The van der Waals surface area contributed by atoms with Crippen LogP contribution in [0.4, 0.5) is 0 Å². The highest BCUT2D eigenvalue weighted by atomic mass is 32.1. The van der Waals surface area contributed by atoms with Crippen molar-refractivity contribution >= 4 is 73.0 Å². The average Bonchev–Trinajstić information content (AvgIpc) is 3.77. The van der Waals surface area contributed by atoms with Crippen LogP contribution in [-0.4, -0.2) is 8.07 Å². The molecule has 3 heterocycles. The quantitative estimate of drug-likeness (QED) is 0.178. The molecule has 1 aliphatic rings. The van der Waals surface area contributed by atoms with Gasteiger partial charge in [0.1, 0.15) is 0 Å². The van der Waals surface area contributed by atoms with Crippen LogP contribution in [0.2, 0.25) is 0 Å². The minimum Gasteiger partial charge on any atom is -0.134 e. The van der Waals surface area contributed by atoms with Gasteiger partial charge in [-0.05, 0) is 77.7 Å². The van der Waals surface area contributed by atoms with Crippen LogP contribution in [0.1, 0.15) is 0 Å². The third kappa shape index (κ3) is 3.79. The molecule has 0 spiro atoms. The highest BCUT2D eigenvalue weighted by molar-refractivity contribution is 7.35. The zero-order valence-corrected chi connectivity index (χ0v) is 26.0. The first-order valence-electron chi connectivity index (χ1n) is 14.7. The van der Waals surface area contributed by atoms with Gasteiger partial charge in [-0.1, -0.05) is 133 Å². The topological polar surface area (TPSA) is 0 Å². The summed E-state index contributed by atoms with van der Waals surface area (Å²) in [6.07, 6.45) is 0. The fourth-order valence-corrected chi connectivity index (χ4v) is 15.8. The Morgan fingerprint density at radius 3 is 1.19 bits per heavy atom. The maximum atomic E-state index is 2.54. The second-order valence-corrected chi connectivity index (χ2v) is 17.1. The van der Waals surface area contributed by atoms with Crippen LogP contribution in [0.15, 0.2) is 158 Å². The molecule has 43 heavy (non-hydrogen) atoms. The molecule has 202 valence electrons. The molecule has 0 fully saturated rings. The van der Waals surface area contributed by atoms with Crippen LogP contribution < -0.4 is 20.7 Å². The lowest BCUT2D eigenvalue weighted by molar-refractivity contribution is 1.71. The molecule has 0 nitrogen and oxygen atoms in total. The lowest BCUT2D eigenvalue weighted by Gasteiger charge is -2.30. The summed E-state index contributed by atoms with van der Waals surface area (Å²) in [6, 6.07) is 59.0. The summed E-state index contributed by atoms with van der Waals surface area (Å²) in [5, 5.41) is 11.1. The Bertz CT molecular complexity index is 2130. The third-order valence-electron chi connectivity index (χ3n) is 8.96. The molecule has 0 bridgehead atoms. The Balaban J connectivity index is 1.32. The number of fused-ring (bicyclic) bond motifs is 5. The smallest absolute Gasteiger partial charge is 0.134 e. The first-order valence-corrected chi connectivity index (χ1v) is 18.3. The number of thiophene rings is 2. The first-order chi connectivity index (χ1) is 21.3. The normalized spacial score (nSPS) is 13.3. The van der Waals surface area contributed by atoms with Crippen molar-refractivity contribution in [3.05, 3.63) is 158 Å². The van der Waals surface area contributed by atoms with E-state index in [2.05, 4.69) is 158 Å². The Morgan fingerprint density at radius 2 is 0.744 bits per heavy atom. The van der Waals surface area contributed by atoms with Crippen molar-refractivity contribution < 1.29 is 0 Å². The van der Waals surface area contributed by atoms with E-state index in [-0.39, 0.29) is 0 Å². The minimum atomic E-state index is -2.54. The maximum Gasteiger partial charge on any atom is 0.182 e. The van der Waals surface area contributed by atoms with E-state index in [1.54, 1.807) is 0 Å². The van der Waals surface area contributed by atoms with Crippen molar-refractivity contribution in [2.75, 3.05) is 0 Å². The van der Waals surface area contributed by atoms with E-state index in [1.165, 1.54) is 72.9 Å². The highest BCUT2D eigenvalue weighted by Crippen LogP contribution is 2.45. The number of hydrogen-bond donors (Lipinski definition) is 0. The Kier molecular flexibility index (Phi) is 5.67. The van der Waals surface area contributed by atoms with E-state index in [0.717, 1.165) is 0 Å². The van der Waals surface area contributed by atoms with E-state index in [4.69, 9.17) is 0 Å². The molecule has 0 aliphatic carbocycles. The monoisotopic (exact) mass is 598 g/mol. The second kappa shape index (κ2) is 9.75. The molecule has 0 atom stereocenters. The van der Waals surface area contributed by atoms with Crippen LogP contribution in [0.3, 0.4) is 0 Å². The van der Waals surface area contributed by atoms with Crippen molar-refractivity contribution in [2.24, 2.45) is 0 Å². The summed E-state index contributed by atoms with van der Waals surface area (Å²) < 4.78 is 0. The standard InChI is InChI=1S/C40H26S2Si/c1-3-15-33(16-4-1)43(34-17-5-2-6-18-34)37-25-35(31-21-19-27-11-7-9-13-29(27)23-31)41-39(37)40-38(43)26-36(42-40)32-22-20-28-12-8-10-14-30(28)24-32/h1-26H. The number of rotatable bonds is 4. The summed E-state index contributed by atoms with van der Waals surface area (Å²) in [4.78, 5) is 5.61. The molecule has 3 heteroatoms. The van der Waals surface area contributed by atoms with Gasteiger partial charge in [-0.15, -0.1) is 22.7 Å². The SMILES string of the molecule is c1ccc([Si]2(c3ccccc3)c3cc(-c4ccc5ccccc5c4)sc3-c3sc(-c4ccc5ccccc5c4)cc32)cc1. The van der Waals surface area contributed by atoms with E-state index < -0.39 is 8.07 Å². The molecular formula is C40H26S2Si. The minimum absolute atomic E-state index is 1.29. The van der Waals surface area contributed by atoms with Crippen molar-refractivity contribution in [3.63, 3.8) is 0 Å². The van der Waals surface area contributed by atoms with Gasteiger partial charge in [0.25, 0.3) is 0 Å². The largest absolute Gasteiger partial charge is 0.182 e. The van der Waals surface area contributed by atoms with Gasteiger partial charge >= 0.3 is 0 Å². The van der Waals surface area contributed by atoms with Gasteiger partial charge in [-0.2, -0.15) is 0 Å². The average molecular weight is 599 g/mol. The van der Waals surface area contributed by atoms with Crippen LogP contribution in [-0.2, 0) is 0 Å². The van der Waals surface area contributed by atoms with Gasteiger partial charge in [-0.3, -0.25) is 0 Å². The predicted molar refractivity (Wildman–Crippen MR) is 191 cm³/mol. The summed E-state index contributed by atoms with van der Waals surface area (Å²) >= 11 is 3.95. The molecule has 0 saturated carbocycles. The van der Waals surface area contributed by atoms with E-state index >= 15 is 0 Å². The third-order valence-corrected chi connectivity index (χ3v) is 16.7. The van der Waals surface area contributed by atoms with E-state index in [1.807, 2.05) is 22.7 Å². The molecule has 0 saturated heterocycles. The highest BCUT2D eigenvalue weighted by Gasteiger charge is 2.51. The Morgan fingerprint density at radius 1 is 0.349 bits per heavy atom. The maximum absolute atomic E-state index is 2.54. The molecule has 0 radical (unpaired) electrons. The molecule has 1 aliphatic heterocycles. The van der Waals surface area contributed by atoms with Gasteiger partial charge in [0.05, 0.1) is 0 Å². The van der Waals surface area contributed by atoms with Crippen LogP contribution >= 0.6 is 22.7 Å². The summed E-state index contributed by atoms with van der Waals surface area (Å²) in [6.45, 7) is 0. The lowest BCUT2D eigenvalue weighted by atomic mass is 10.1. The summed E-state index contributed by atoms with van der Waals surface area (Å²) in [5.74, 6) is 0. The predicted octanol–water partition coefficient (Wildman–Crippen LogP) is 8.81. The fourth-order valence-electron chi connectivity index (χ4n) is 6.96. The first kappa shape index (κ1) is 25.0. The Hall–Kier alpha value is -4.54. The zero-order valence-electron chi connectivity index (χ0n) is 23.3. The molecule has 8 aromatic rings. The molecule has 0 N–H and O–H groups in total. The molecule has 2 aromatic heterocycles. The van der Waals surface area contributed by atoms with E-state index in [0.29, 0.717) is 0 Å². The van der Waals surface area contributed by atoms with Crippen molar-refractivity contribution in [2.45, 2.75) is 0 Å². The Labute approximate surface area is 260 Å². The fraction of sp³-hybridized carbons (Fsp3) is 0. The van der Waals surface area contributed by atoms with Gasteiger partial charge in [-0.25, -0.2) is 0 Å². The van der Waals surface area contributed by atoms with E-state index in [9.17, 15) is 0 Å². The van der Waals surface area contributed by atoms with Crippen molar-refractivity contribution in [3.8, 4) is 30.6 Å². The zero-order chi connectivity index (χ0) is 28.4. The summed E-state index contributed by atoms with van der Waals surface area (Å²) in [5.41, 5.74) is 2.60. The van der Waals surface area contributed by atoms with Crippen LogP contribution in [0, 0.1) is 0 Å². The van der Waals surface area contributed by atoms with Gasteiger partial charge < -0.3 is 0 Å². The molecule has 0 unspecified atom stereocenters. The lowest BCUT2D eigenvalue weighted by Crippen LogP contribution is -2.72.